The summed E-state index contributed by atoms with van der Waals surface area (Å²) in [6.07, 6.45) is 1.89. The molecule has 1 atom stereocenters. The Bertz CT molecular complexity index is 203. The molecule has 0 aromatic rings. The van der Waals surface area contributed by atoms with Gasteiger partial charge in [0.25, 0.3) is 0 Å². The van der Waals surface area contributed by atoms with Gasteiger partial charge in [-0.25, -0.2) is 0 Å². The minimum Gasteiger partial charge on any atom is -0.342 e. The van der Waals surface area contributed by atoms with Crippen molar-refractivity contribution in [2.45, 2.75) is 19.8 Å². The summed E-state index contributed by atoms with van der Waals surface area (Å²) in [4.78, 5) is 13.5. The summed E-state index contributed by atoms with van der Waals surface area (Å²) in [5.41, 5.74) is 6.70. The minimum absolute atomic E-state index is 0.0358. The van der Waals surface area contributed by atoms with Crippen LogP contribution in [0.5, 0.6) is 0 Å². The first kappa shape index (κ1) is 10.3. The van der Waals surface area contributed by atoms with Gasteiger partial charge in [0.1, 0.15) is 0 Å². The van der Waals surface area contributed by atoms with E-state index in [-0.39, 0.29) is 11.8 Å². The van der Waals surface area contributed by atoms with Crippen LogP contribution in [0, 0.1) is 5.92 Å². The van der Waals surface area contributed by atoms with E-state index in [0.717, 1.165) is 25.9 Å². The molecule has 3 nitrogen and oxygen atoms in total. The van der Waals surface area contributed by atoms with Crippen LogP contribution in [0.4, 0.5) is 0 Å². The zero-order chi connectivity index (χ0) is 9.84. The normalized spacial score (nSPS) is 20.2. The summed E-state index contributed by atoms with van der Waals surface area (Å²) in [5, 5.41) is 0. The first-order valence-corrected chi connectivity index (χ1v) is 4.80. The van der Waals surface area contributed by atoms with Crippen molar-refractivity contribution in [1.29, 1.82) is 0 Å². The molecule has 74 valence electrons. The molecule has 0 bridgehead atoms. The highest BCUT2D eigenvalue weighted by Crippen LogP contribution is 2.15. The molecule has 1 amide bonds. The molecule has 1 aliphatic rings. The van der Waals surface area contributed by atoms with Gasteiger partial charge < -0.3 is 10.6 Å². The molecule has 13 heavy (non-hydrogen) atoms. The van der Waals surface area contributed by atoms with Crippen molar-refractivity contribution in [2.24, 2.45) is 11.7 Å². The van der Waals surface area contributed by atoms with Gasteiger partial charge in [0, 0.05) is 25.6 Å². The summed E-state index contributed by atoms with van der Waals surface area (Å²) in [7, 11) is 0. The van der Waals surface area contributed by atoms with Crippen molar-refractivity contribution in [2.75, 3.05) is 19.6 Å². The van der Waals surface area contributed by atoms with Crippen LogP contribution >= 0.6 is 0 Å². The zero-order valence-electron chi connectivity index (χ0n) is 8.25. The maximum atomic E-state index is 11.7. The fraction of sp³-hybridized carbons (Fsp3) is 0.700. The van der Waals surface area contributed by atoms with Crippen LogP contribution < -0.4 is 5.73 Å². The van der Waals surface area contributed by atoms with E-state index in [1.165, 1.54) is 5.57 Å². The first-order chi connectivity index (χ1) is 6.15. The maximum absolute atomic E-state index is 11.7. The summed E-state index contributed by atoms with van der Waals surface area (Å²) >= 11 is 0. The smallest absolute Gasteiger partial charge is 0.226 e. The standard InChI is InChI=1S/C10H18N2O/c1-8-3-5-12(6-4-8)10(13)9(2)7-11/h9H,1,3-7,11H2,2H3. The lowest BCUT2D eigenvalue weighted by Gasteiger charge is -2.29. The molecule has 3 heteroatoms. The molecule has 1 heterocycles. The van der Waals surface area contributed by atoms with Crippen molar-refractivity contribution >= 4 is 5.91 Å². The van der Waals surface area contributed by atoms with E-state index in [2.05, 4.69) is 6.58 Å². The van der Waals surface area contributed by atoms with Crippen LogP contribution in [-0.2, 0) is 4.79 Å². The number of piperidine rings is 1. The lowest BCUT2D eigenvalue weighted by Crippen LogP contribution is -2.41. The predicted octanol–water partition coefficient (Wildman–Crippen LogP) is 0.760. The van der Waals surface area contributed by atoms with Crippen LogP contribution in [0.15, 0.2) is 12.2 Å². The van der Waals surface area contributed by atoms with Crippen molar-refractivity contribution in [3.8, 4) is 0 Å². The fourth-order valence-corrected chi connectivity index (χ4v) is 1.46. The van der Waals surface area contributed by atoms with E-state index in [0.29, 0.717) is 6.54 Å². The summed E-state index contributed by atoms with van der Waals surface area (Å²) in [6, 6.07) is 0. The molecule has 0 radical (unpaired) electrons. The Morgan fingerprint density at radius 3 is 2.62 bits per heavy atom. The number of nitrogens with zero attached hydrogens (tertiary/aromatic N) is 1. The SMILES string of the molecule is C=C1CCN(C(=O)C(C)CN)CC1. The molecule has 1 saturated heterocycles. The quantitative estimate of drug-likeness (QED) is 0.641. The largest absolute Gasteiger partial charge is 0.342 e. The molecule has 0 aromatic carbocycles. The van der Waals surface area contributed by atoms with Gasteiger partial charge in [0.15, 0.2) is 0 Å². The number of carbonyl (C=O) groups is 1. The van der Waals surface area contributed by atoms with E-state index in [9.17, 15) is 4.79 Å². The predicted molar refractivity (Wildman–Crippen MR) is 53.2 cm³/mol. The second-order valence-corrected chi connectivity index (χ2v) is 3.71. The molecular formula is C10H18N2O. The molecule has 1 aliphatic heterocycles. The Labute approximate surface area is 79.6 Å². The molecule has 0 aromatic heterocycles. The van der Waals surface area contributed by atoms with E-state index >= 15 is 0 Å². The fourth-order valence-electron chi connectivity index (χ4n) is 1.46. The Morgan fingerprint density at radius 1 is 1.62 bits per heavy atom. The Balaban J connectivity index is 2.44. The summed E-state index contributed by atoms with van der Waals surface area (Å²) < 4.78 is 0. The van der Waals surface area contributed by atoms with Crippen LogP contribution in [0.25, 0.3) is 0 Å². The number of hydrogen-bond acceptors (Lipinski definition) is 2. The molecule has 1 unspecified atom stereocenters. The third-order valence-corrected chi connectivity index (χ3v) is 2.56. The number of hydrogen-bond donors (Lipinski definition) is 1. The zero-order valence-corrected chi connectivity index (χ0v) is 8.25. The number of carbonyl (C=O) groups excluding carboxylic acids is 1. The molecule has 1 fully saturated rings. The topological polar surface area (TPSA) is 46.3 Å². The van der Waals surface area contributed by atoms with E-state index < -0.39 is 0 Å². The third-order valence-electron chi connectivity index (χ3n) is 2.56. The maximum Gasteiger partial charge on any atom is 0.226 e. The summed E-state index contributed by atoms with van der Waals surface area (Å²) in [5.74, 6) is 0.154. The minimum atomic E-state index is -0.0358. The monoisotopic (exact) mass is 182 g/mol. The van der Waals surface area contributed by atoms with Crippen LogP contribution in [0.2, 0.25) is 0 Å². The number of rotatable bonds is 2. The van der Waals surface area contributed by atoms with Gasteiger partial charge in [-0.05, 0) is 12.8 Å². The van der Waals surface area contributed by atoms with E-state index in [4.69, 9.17) is 5.73 Å². The van der Waals surface area contributed by atoms with Gasteiger partial charge >= 0.3 is 0 Å². The second-order valence-electron chi connectivity index (χ2n) is 3.71. The molecule has 0 saturated carbocycles. The molecule has 2 N–H and O–H groups in total. The van der Waals surface area contributed by atoms with Crippen molar-refractivity contribution in [3.63, 3.8) is 0 Å². The van der Waals surface area contributed by atoms with Gasteiger partial charge in [-0.15, -0.1) is 0 Å². The Morgan fingerprint density at radius 2 is 2.15 bits per heavy atom. The second kappa shape index (κ2) is 4.42. The van der Waals surface area contributed by atoms with Crippen LogP contribution in [-0.4, -0.2) is 30.4 Å². The molecule has 1 rings (SSSR count). The lowest BCUT2D eigenvalue weighted by atomic mass is 10.0. The van der Waals surface area contributed by atoms with Gasteiger partial charge in [-0.3, -0.25) is 4.79 Å². The average molecular weight is 182 g/mol. The number of likely N-dealkylation sites (tertiary alicyclic amines) is 1. The Hall–Kier alpha value is -0.830. The highest BCUT2D eigenvalue weighted by atomic mass is 16.2. The summed E-state index contributed by atoms with van der Waals surface area (Å²) in [6.45, 7) is 7.87. The third kappa shape index (κ3) is 2.56. The van der Waals surface area contributed by atoms with Gasteiger partial charge in [-0.2, -0.15) is 0 Å². The van der Waals surface area contributed by atoms with Crippen LogP contribution in [0.1, 0.15) is 19.8 Å². The van der Waals surface area contributed by atoms with E-state index in [1.54, 1.807) is 0 Å². The highest BCUT2D eigenvalue weighted by molar-refractivity contribution is 5.78. The Kier molecular flexibility index (Phi) is 3.48. The van der Waals surface area contributed by atoms with Crippen molar-refractivity contribution in [1.82, 2.24) is 4.90 Å². The van der Waals surface area contributed by atoms with E-state index in [1.807, 2.05) is 11.8 Å². The number of amides is 1. The van der Waals surface area contributed by atoms with Gasteiger partial charge in [0.05, 0.1) is 0 Å². The van der Waals surface area contributed by atoms with Gasteiger partial charge in [0.2, 0.25) is 5.91 Å². The van der Waals surface area contributed by atoms with Crippen molar-refractivity contribution < 1.29 is 4.79 Å². The first-order valence-electron chi connectivity index (χ1n) is 4.80. The average Bonchev–Trinajstić information content (AvgIpc) is 2.17. The molecule has 0 aliphatic carbocycles. The molecular weight excluding hydrogens is 164 g/mol. The van der Waals surface area contributed by atoms with Crippen LogP contribution in [0.3, 0.4) is 0 Å². The van der Waals surface area contributed by atoms with Crippen molar-refractivity contribution in [3.05, 3.63) is 12.2 Å². The molecule has 0 spiro atoms. The van der Waals surface area contributed by atoms with Gasteiger partial charge in [-0.1, -0.05) is 19.1 Å². The highest BCUT2D eigenvalue weighted by Gasteiger charge is 2.21. The lowest BCUT2D eigenvalue weighted by molar-refractivity contribution is -0.135. The number of nitrogens with two attached hydrogens (primary N) is 1.